The number of rotatable bonds is 4. The first-order valence-corrected chi connectivity index (χ1v) is 5.13. The fourth-order valence-electron chi connectivity index (χ4n) is 1.27. The quantitative estimate of drug-likeness (QED) is 0.568. The van der Waals surface area contributed by atoms with Gasteiger partial charge in [0.2, 0.25) is 0 Å². The van der Waals surface area contributed by atoms with Gasteiger partial charge in [0.15, 0.2) is 0 Å². The van der Waals surface area contributed by atoms with Crippen molar-refractivity contribution < 1.29 is 0 Å². The van der Waals surface area contributed by atoms with Crippen molar-refractivity contribution in [1.82, 2.24) is 0 Å². The van der Waals surface area contributed by atoms with E-state index in [1.54, 1.807) is 0 Å². The maximum atomic E-state index is 5.33. The minimum Gasteiger partial charge on any atom is -0.330 e. The topological polar surface area (TPSA) is 26.0 Å². The molecule has 0 amide bonds. The predicted octanol–water partition coefficient (Wildman–Crippen LogP) is 2.36. The molecule has 0 saturated carbocycles. The van der Waals surface area contributed by atoms with Crippen molar-refractivity contribution in [2.45, 2.75) is 25.7 Å². The van der Waals surface area contributed by atoms with Crippen molar-refractivity contribution in [2.24, 2.45) is 5.73 Å². The van der Waals surface area contributed by atoms with E-state index in [1.165, 1.54) is 5.56 Å². The average Bonchev–Trinajstić information content (AvgIpc) is 2.25. The van der Waals surface area contributed by atoms with Crippen LogP contribution < -0.4 is 5.73 Å². The second kappa shape index (κ2) is 7.17. The minimum atomic E-state index is 0.672. The van der Waals surface area contributed by atoms with E-state index in [2.05, 4.69) is 36.1 Å². The molecule has 0 aliphatic heterocycles. The van der Waals surface area contributed by atoms with Crippen molar-refractivity contribution in [3.05, 3.63) is 35.9 Å². The fourth-order valence-corrected chi connectivity index (χ4v) is 1.27. The summed E-state index contributed by atoms with van der Waals surface area (Å²) < 4.78 is 0. The maximum Gasteiger partial charge on any atom is 0.0212 e. The van der Waals surface area contributed by atoms with E-state index in [9.17, 15) is 0 Å². The first kappa shape index (κ1) is 10.8. The van der Waals surface area contributed by atoms with Crippen molar-refractivity contribution in [1.29, 1.82) is 0 Å². The molecule has 74 valence electrons. The van der Waals surface area contributed by atoms with Crippen LogP contribution in [0.5, 0.6) is 0 Å². The number of nitrogens with two attached hydrogens (primary N) is 1. The molecule has 2 N–H and O–H groups in total. The Kier molecular flexibility index (Phi) is 5.54. The first-order valence-electron chi connectivity index (χ1n) is 5.13. The summed E-state index contributed by atoms with van der Waals surface area (Å²) in [4.78, 5) is 0. The van der Waals surface area contributed by atoms with Gasteiger partial charge in [-0.05, 0) is 18.4 Å². The molecule has 0 atom stereocenters. The molecule has 0 aliphatic rings. The summed E-state index contributed by atoms with van der Waals surface area (Å²) in [5.41, 5.74) is 6.73. The van der Waals surface area contributed by atoms with E-state index in [0.717, 1.165) is 25.7 Å². The maximum absolute atomic E-state index is 5.33. The van der Waals surface area contributed by atoms with Gasteiger partial charge in [-0.25, -0.2) is 0 Å². The molecule has 0 bridgehead atoms. The third kappa shape index (κ3) is 4.69. The molecule has 0 saturated heterocycles. The lowest BCUT2D eigenvalue weighted by molar-refractivity contribution is 0.856. The van der Waals surface area contributed by atoms with Crippen molar-refractivity contribution >= 4 is 0 Å². The van der Waals surface area contributed by atoms with Gasteiger partial charge in [0, 0.05) is 19.4 Å². The summed E-state index contributed by atoms with van der Waals surface area (Å²) >= 11 is 0. The number of unbranched alkanes of at least 4 members (excludes halogenated alkanes) is 1. The fraction of sp³-hybridized carbons (Fsp3) is 0.385. The van der Waals surface area contributed by atoms with Crippen LogP contribution in [0.4, 0.5) is 0 Å². The zero-order chi connectivity index (χ0) is 10.1. The highest BCUT2D eigenvalue weighted by Crippen LogP contribution is 2.03. The summed E-state index contributed by atoms with van der Waals surface area (Å²) in [7, 11) is 0. The Hall–Kier alpha value is -1.26. The SMILES string of the molecule is NCCC#CCCCc1ccccc1. The highest BCUT2D eigenvalue weighted by Gasteiger charge is 1.89. The number of aryl methyl sites for hydroxylation is 1. The van der Waals surface area contributed by atoms with Gasteiger partial charge in [0.25, 0.3) is 0 Å². The molecule has 0 fully saturated rings. The van der Waals surface area contributed by atoms with Crippen LogP contribution in [0.15, 0.2) is 30.3 Å². The van der Waals surface area contributed by atoms with Gasteiger partial charge in [-0.15, -0.1) is 11.8 Å². The number of benzene rings is 1. The summed E-state index contributed by atoms with van der Waals surface area (Å²) in [6.45, 7) is 0.672. The lowest BCUT2D eigenvalue weighted by atomic mass is 10.1. The summed E-state index contributed by atoms with van der Waals surface area (Å²) in [6, 6.07) is 10.5. The molecular weight excluding hydrogens is 170 g/mol. The van der Waals surface area contributed by atoms with Crippen molar-refractivity contribution in [3.63, 3.8) is 0 Å². The lowest BCUT2D eigenvalue weighted by Crippen LogP contribution is -1.95. The largest absolute Gasteiger partial charge is 0.330 e. The highest BCUT2D eigenvalue weighted by molar-refractivity contribution is 5.14. The standard InChI is InChI=1S/C13H17N/c14-12-8-3-1-2-5-9-13-10-6-4-7-11-13/h4,6-7,10-11H,2,5,8-9,12,14H2. The Bertz CT molecular complexity index is 292. The van der Waals surface area contributed by atoms with Crippen LogP contribution in [0.1, 0.15) is 24.8 Å². The smallest absolute Gasteiger partial charge is 0.0212 e. The van der Waals surface area contributed by atoms with Crippen LogP contribution in [0.2, 0.25) is 0 Å². The van der Waals surface area contributed by atoms with E-state index in [-0.39, 0.29) is 0 Å². The van der Waals surface area contributed by atoms with Crippen molar-refractivity contribution in [2.75, 3.05) is 6.54 Å². The molecular formula is C13H17N. The van der Waals surface area contributed by atoms with Crippen LogP contribution in [-0.4, -0.2) is 6.54 Å². The van der Waals surface area contributed by atoms with Gasteiger partial charge in [-0.2, -0.15) is 0 Å². The minimum absolute atomic E-state index is 0.672. The van der Waals surface area contributed by atoms with Gasteiger partial charge in [-0.3, -0.25) is 0 Å². The monoisotopic (exact) mass is 187 g/mol. The van der Waals surface area contributed by atoms with Gasteiger partial charge in [0.1, 0.15) is 0 Å². The highest BCUT2D eigenvalue weighted by atomic mass is 14.5. The van der Waals surface area contributed by atoms with E-state index in [1.807, 2.05) is 6.07 Å². The van der Waals surface area contributed by atoms with Crippen LogP contribution in [-0.2, 0) is 6.42 Å². The zero-order valence-electron chi connectivity index (χ0n) is 8.50. The van der Waals surface area contributed by atoms with Gasteiger partial charge < -0.3 is 5.73 Å². The lowest BCUT2D eigenvalue weighted by Gasteiger charge is -1.96. The number of hydrogen-bond donors (Lipinski definition) is 1. The number of hydrogen-bond acceptors (Lipinski definition) is 1. The van der Waals surface area contributed by atoms with Crippen LogP contribution >= 0.6 is 0 Å². The second-order valence-electron chi connectivity index (χ2n) is 3.23. The van der Waals surface area contributed by atoms with Gasteiger partial charge in [-0.1, -0.05) is 30.3 Å². The van der Waals surface area contributed by atoms with Crippen LogP contribution in [0.25, 0.3) is 0 Å². The Labute approximate surface area is 86.3 Å². The predicted molar refractivity (Wildman–Crippen MR) is 60.8 cm³/mol. The molecule has 1 aromatic carbocycles. The summed E-state index contributed by atoms with van der Waals surface area (Å²) in [6.07, 6.45) is 4.07. The van der Waals surface area contributed by atoms with Gasteiger partial charge in [0.05, 0.1) is 0 Å². The molecule has 0 aromatic heterocycles. The molecule has 0 aliphatic carbocycles. The molecule has 0 unspecified atom stereocenters. The molecule has 0 spiro atoms. The summed E-state index contributed by atoms with van der Waals surface area (Å²) in [5, 5.41) is 0. The van der Waals surface area contributed by atoms with E-state index < -0.39 is 0 Å². The van der Waals surface area contributed by atoms with E-state index in [4.69, 9.17) is 5.73 Å². The van der Waals surface area contributed by atoms with Gasteiger partial charge >= 0.3 is 0 Å². The molecule has 1 aromatic rings. The molecule has 1 heteroatoms. The Morgan fingerprint density at radius 3 is 2.43 bits per heavy atom. The zero-order valence-corrected chi connectivity index (χ0v) is 8.50. The Balaban J connectivity index is 2.14. The summed E-state index contributed by atoms with van der Waals surface area (Å²) in [5.74, 6) is 6.17. The third-order valence-corrected chi connectivity index (χ3v) is 2.00. The molecule has 0 radical (unpaired) electrons. The first-order chi connectivity index (χ1) is 6.93. The normalized spacial score (nSPS) is 9.21. The van der Waals surface area contributed by atoms with E-state index in [0.29, 0.717) is 6.54 Å². The Morgan fingerprint density at radius 1 is 1.00 bits per heavy atom. The third-order valence-electron chi connectivity index (χ3n) is 2.00. The molecule has 14 heavy (non-hydrogen) atoms. The van der Waals surface area contributed by atoms with E-state index >= 15 is 0 Å². The molecule has 0 heterocycles. The van der Waals surface area contributed by atoms with Crippen LogP contribution in [0, 0.1) is 11.8 Å². The molecule has 1 rings (SSSR count). The molecule has 1 nitrogen and oxygen atoms in total. The second-order valence-corrected chi connectivity index (χ2v) is 3.23. The average molecular weight is 187 g/mol. The van der Waals surface area contributed by atoms with Crippen molar-refractivity contribution in [3.8, 4) is 11.8 Å². The van der Waals surface area contributed by atoms with Crippen LogP contribution in [0.3, 0.4) is 0 Å². The Morgan fingerprint density at radius 2 is 1.71 bits per heavy atom.